The van der Waals surface area contributed by atoms with Gasteiger partial charge in [-0.1, -0.05) is 13.8 Å². The molecule has 1 saturated heterocycles. The van der Waals surface area contributed by atoms with Gasteiger partial charge in [0, 0.05) is 6.04 Å². The lowest BCUT2D eigenvalue weighted by molar-refractivity contribution is -0.148. The molecule has 4 heteroatoms. The maximum Gasteiger partial charge on any atom is 0.325 e. The van der Waals surface area contributed by atoms with Crippen LogP contribution in [-0.4, -0.2) is 49.7 Å². The molecular weight excluding hydrogens is 252 g/mol. The van der Waals surface area contributed by atoms with E-state index in [1.54, 1.807) is 0 Å². The molecule has 4 nitrogen and oxygen atoms in total. The molecule has 20 heavy (non-hydrogen) atoms. The third kappa shape index (κ3) is 4.19. The van der Waals surface area contributed by atoms with Gasteiger partial charge in [0.05, 0.1) is 7.11 Å². The maximum absolute atomic E-state index is 11.9. The molecule has 0 radical (unpaired) electrons. The van der Waals surface area contributed by atoms with E-state index in [1.807, 2.05) is 14.0 Å². The minimum Gasteiger partial charge on any atom is -0.468 e. The minimum absolute atomic E-state index is 0.177. The highest BCUT2D eigenvalue weighted by Crippen LogP contribution is 2.27. The summed E-state index contributed by atoms with van der Waals surface area (Å²) in [5.74, 6) is 1.46. The lowest BCUT2D eigenvalue weighted by atomic mass is 9.85. The van der Waals surface area contributed by atoms with Gasteiger partial charge in [-0.2, -0.15) is 0 Å². The Kier molecular flexibility index (Phi) is 6.46. The second kappa shape index (κ2) is 7.41. The Labute approximate surface area is 124 Å². The lowest BCUT2D eigenvalue weighted by Crippen LogP contribution is -2.53. The Bertz CT molecular complexity index is 312. The predicted octanol–water partition coefficient (Wildman–Crippen LogP) is 2.28. The molecule has 0 aromatic rings. The van der Waals surface area contributed by atoms with Gasteiger partial charge in [-0.25, -0.2) is 0 Å². The summed E-state index contributed by atoms with van der Waals surface area (Å²) in [4.78, 5) is 14.4. The summed E-state index contributed by atoms with van der Waals surface area (Å²) in [5.41, 5.74) is -0.594. The molecule has 1 heterocycles. The average molecular weight is 284 g/mol. The number of esters is 1. The molecular formula is C16H32N2O2. The molecule has 1 aliphatic rings. The van der Waals surface area contributed by atoms with E-state index < -0.39 is 5.54 Å². The maximum atomic E-state index is 11.9. The molecule has 0 aromatic heterocycles. The monoisotopic (exact) mass is 284 g/mol. The fraction of sp³-hybridized carbons (Fsp3) is 0.938. The third-order valence-electron chi connectivity index (χ3n) is 5.03. The Morgan fingerprint density at radius 1 is 1.35 bits per heavy atom. The number of likely N-dealkylation sites (tertiary alicyclic amines) is 1. The van der Waals surface area contributed by atoms with Crippen LogP contribution >= 0.6 is 0 Å². The number of nitrogens with zero attached hydrogens (tertiary/aromatic N) is 1. The number of hydrogen-bond donors (Lipinski definition) is 1. The van der Waals surface area contributed by atoms with E-state index in [0.29, 0.717) is 6.04 Å². The number of methoxy groups -OCH3 is 1. The first-order chi connectivity index (χ1) is 9.34. The number of ether oxygens (including phenoxy) is 1. The number of hydrogen-bond acceptors (Lipinski definition) is 4. The summed E-state index contributed by atoms with van der Waals surface area (Å²) in [6, 6.07) is 0.389. The van der Waals surface area contributed by atoms with Crippen molar-refractivity contribution < 1.29 is 9.53 Å². The molecule has 1 fully saturated rings. The zero-order valence-corrected chi connectivity index (χ0v) is 14.0. The molecule has 2 unspecified atom stereocenters. The Balaban J connectivity index is 2.55. The van der Waals surface area contributed by atoms with Crippen molar-refractivity contribution in [2.75, 3.05) is 27.2 Å². The summed E-state index contributed by atoms with van der Waals surface area (Å²) in [6.07, 6.45) is 3.33. The van der Waals surface area contributed by atoms with Gasteiger partial charge in [0.1, 0.15) is 5.54 Å². The number of piperidine rings is 1. The number of carbonyl (C=O) groups is 1. The number of likely N-dealkylation sites (N-methyl/N-ethyl adjacent to an activating group) is 1. The second-order valence-corrected chi connectivity index (χ2v) is 6.74. The second-order valence-electron chi connectivity index (χ2n) is 6.74. The summed E-state index contributed by atoms with van der Waals surface area (Å²) in [5, 5.41) is 3.12. The van der Waals surface area contributed by atoms with Crippen LogP contribution in [0.2, 0.25) is 0 Å². The van der Waals surface area contributed by atoms with E-state index in [9.17, 15) is 4.79 Å². The van der Waals surface area contributed by atoms with Crippen LogP contribution in [0, 0.1) is 11.8 Å². The van der Waals surface area contributed by atoms with Gasteiger partial charge >= 0.3 is 5.97 Å². The zero-order valence-electron chi connectivity index (χ0n) is 14.0. The van der Waals surface area contributed by atoms with Crippen molar-refractivity contribution in [3.8, 4) is 0 Å². The molecule has 0 amide bonds. The topological polar surface area (TPSA) is 41.6 Å². The molecule has 2 atom stereocenters. The van der Waals surface area contributed by atoms with E-state index >= 15 is 0 Å². The summed E-state index contributed by atoms with van der Waals surface area (Å²) in [6.45, 7) is 11.1. The van der Waals surface area contributed by atoms with Crippen molar-refractivity contribution in [2.24, 2.45) is 11.8 Å². The first-order valence-electron chi connectivity index (χ1n) is 7.85. The van der Waals surface area contributed by atoms with Crippen LogP contribution in [0.3, 0.4) is 0 Å². The summed E-state index contributed by atoms with van der Waals surface area (Å²) < 4.78 is 4.92. The van der Waals surface area contributed by atoms with E-state index in [-0.39, 0.29) is 5.97 Å². The van der Waals surface area contributed by atoms with Crippen molar-refractivity contribution in [1.29, 1.82) is 0 Å². The van der Waals surface area contributed by atoms with Crippen LogP contribution in [0.4, 0.5) is 0 Å². The van der Waals surface area contributed by atoms with Crippen LogP contribution in [0.1, 0.15) is 47.0 Å². The van der Waals surface area contributed by atoms with Crippen molar-refractivity contribution in [3.63, 3.8) is 0 Å². The first-order valence-corrected chi connectivity index (χ1v) is 7.85. The molecule has 0 aliphatic carbocycles. The number of rotatable bonds is 6. The first kappa shape index (κ1) is 17.4. The molecule has 1 N–H and O–H groups in total. The molecule has 1 rings (SSSR count). The van der Waals surface area contributed by atoms with Crippen LogP contribution in [0.5, 0.6) is 0 Å². The number of nitrogens with one attached hydrogen (secondary N) is 1. The molecule has 0 saturated carbocycles. The Hall–Kier alpha value is -0.610. The Morgan fingerprint density at radius 3 is 2.30 bits per heavy atom. The normalized spacial score (nSPS) is 22.6. The van der Waals surface area contributed by atoms with Crippen LogP contribution in [0.15, 0.2) is 0 Å². The van der Waals surface area contributed by atoms with Crippen molar-refractivity contribution in [2.45, 2.75) is 58.5 Å². The lowest BCUT2D eigenvalue weighted by Gasteiger charge is -2.40. The molecule has 0 spiro atoms. The van der Waals surface area contributed by atoms with E-state index in [1.165, 1.54) is 20.0 Å². The van der Waals surface area contributed by atoms with Crippen molar-refractivity contribution >= 4 is 5.97 Å². The Morgan fingerprint density at radius 2 is 1.90 bits per heavy atom. The third-order valence-corrected chi connectivity index (χ3v) is 5.03. The highest BCUT2D eigenvalue weighted by atomic mass is 16.5. The largest absolute Gasteiger partial charge is 0.468 e. The number of carbonyl (C=O) groups excluding carboxylic acids is 1. The van der Waals surface area contributed by atoms with Gasteiger partial charge < -0.3 is 15.0 Å². The standard InChI is InChI=1S/C16H32N2O2/c1-12(2)14-7-9-18(10-8-14)13(3)11-16(4,17-5)15(19)20-6/h12-14,17H,7-11H2,1-6H3. The van der Waals surface area contributed by atoms with Gasteiger partial charge in [-0.15, -0.1) is 0 Å². The van der Waals surface area contributed by atoms with E-state index in [0.717, 1.165) is 31.3 Å². The van der Waals surface area contributed by atoms with Crippen LogP contribution < -0.4 is 5.32 Å². The smallest absolute Gasteiger partial charge is 0.325 e. The molecule has 1 aliphatic heterocycles. The van der Waals surface area contributed by atoms with Gasteiger partial charge in [0.2, 0.25) is 0 Å². The van der Waals surface area contributed by atoms with Gasteiger partial charge in [0.25, 0.3) is 0 Å². The minimum atomic E-state index is -0.594. The van der Waals surface area contributed by atoms with Crippen molar-refractivity contribution in [3.05, 3.63) is 0 Å². The van der Waals surface area contributed by atoms with E-state index in [4.69, 9.17) is 4.74 Å². The van der Waals surface area contributed by atoms with Crippen LogP contribution in [0.25, 0.3) is 0 Å². The van der Waals surface area contributed by atoms with Gasteiger partial charge in [-0.05, 0) is 65.1 Å². The van der Waals surface area contributed by atoms with Gasteiger partial charge in [-0.3, -0.25) is 4.79 Å². The molecule has 0 aromatic carbocycles. The zero-order chi connectivity index (χ0) is 15.3. The van der Waals surface area contributed by atoms with Crippen molar-refractivity contribution in [1.82, 2.24) is 10.2 Å². The molecule has 0 bridgehead atoms. The average Bonchev–Trinajstić information content (AvgIpc) is 2.46. The fourth-order valence-corrected chi connectivity index (χ4v) is 3.26. The highest BCUT2D eigenvalue weighted by Gasteiger charge is 2.36. The SMILES string of the molecule is CNC(C)(CC(C)N1CCC(C(C)C)CC1)C(=O)OC. The molecule has 118 valence electrons. The summed E-state index contributed by atoms with van der Waals surface area (Å²) >= 11 is 0. The van der Waals surface area contributed by atoms with E-state index in [2.05, 4.69) is 31.0 Å². The van der Waals surface area contributed by atoms with Gasteiger partial charge in [0.15, 0.2) is 0 Å². The van der Waals surface area contributed by atoms with Crippen LogP contribution in [-0.2, 0) is 9.53 Å². The predicted molar refractivity (Wildman–Crippen MR) is 82.7 cm³/mol. The highest BCUT2D eigenvalue weighted by molar-refractivity contribution is 5.80. The summed E-state index contributed by atoms with van der Waals surface area (Å²) in [7, 11) is 3.28. The quantitative estimate of drug-likeness (QED) is 0.760. The fourth-order valence-electron chi connectivity index (χ4n) is 3.26.